The van der Waals surface area contributed by atoms with Gasteiger partial charge in [-0.15, -0.1) is 0 Å². The molecule has 1 heterocycles. The first-order chi connectivity index (χ1) is 9.00. The number of aryl methyl sites for hydroxylation is 1. The van der Waals surface area contributed by atoms with Crippen LogP contribution in [0.4, 0.5) is 8.78 Å². The molecule has 4 heteroatoms. The van der Waals surface area contributed by atoms with Crippen LogP contribution in [-0.4, -0.2) is 29.8 Å². The van der Waals surface area contributed by atoms with Crippen molar-refractivity contribution in [2.24, 2.45) is 11.8 Å². The second-order valence-corrected chi connectivity index (χ2v) is 5.67. The summed E-state index contributed by atoms with van der Waals surface area (Å²) in [6.45, 7) is 2.26. The predicted molar refractivity (Wildman–Crippen MR) is 68.2 cm³/mol. The second kappa shape index (κ2) is 4.29. The van der Waals surface area contributed by atoms with Crippen molar-refractivity contribution in [3.05, 3.63) is 35.4 Å². The average Bonchev–Trinajstić information content (AvgIpc) is 2.58. The van der Waals surface area contributed by atoms with E-state index >= 15 is 0 Å². The molecule has 2 aliphatic rings. The number of likely N-dealkylation sites (tertiary alicyclic amines) is 1. The summed E-state index contributed by atoms with van der Waals surface area (Å²) >= 11 is 0. The van der Waals surface area contributed by atoms with Crippen LogP contribution in [0.3, 0.4) is 0 Å². The van der Waals surface area contributed by atoms with E-state index in [1.807, 2.05) is 25.1 Å². The zero-order valence-corrected chi connectivity index (χ0v) is 10.9. The summed E-state index contributed by atoms with van der Waals surface area (Å²) in [5.41, 5.74) is 1.53. The van der Waals surface area contributed by atoms with Crippen LogP contribution in [0.25, 0.3) is 0 Å². The Hall–Kier alpha value is -1.45. The van der Waals surface area contributed by atoms with Gasteiger partial charge in [-0.1, -0.05) is 18.2 Å². The first kappa shape index (κ1) is 12.6. The lowest BCUT2D eigenvalue weighted by atomic mass is 9.93. The first-order valence-electron chi connectivity index (χ1n) is 6.73. The number of carbonyl (C=O) groups excluding carboxylic acids is 1. The number of rotatable bonds is 1. The monoisotopic (exact) mass is 265 g/mol. The number of hydrogen-bond donors (Lipinski definition) is 0. The summed E-state index contributed by atoms with van der Waals surface area (Å²) < 4.78 is 27.7. The molecule has 0 N–H and O–H groups in total. The molecule has 1 saturated heterocycles. The van der Waals surface area contributed by atoms with Crippen LogP contribution in [0.5, 0.6) is 0 Å². The first-order valence-corrected chi connectivity index (χ1v) is 6.73. The predicted octanol–water partition coefficient (Wildman–Crippen LogP) is 3.11. The molecule has 1 aliphatic carbocycles. The van der Waals surface area contributed by atoms with Crippen LogP contribution < -0.4 is 0 Å². The number of carbonyl (C=O) groups is 1. The Morgan fingerprint density at radius 3 is 2.37 bits per heavy atom. The molecular formula is C15H17F2NO. The van der Waals surface area contributed by atoms with Crippen molar-refractivity contribution in [3.63, 3.8) is 0 Å². The average molecular weight is 265 g/mol. The third kappa shape index (κ3) is 1.94. The Balaban J connectivity index is 1.82. The van der Waals surface area contributed by atoms with Crippen molar-refractivity contribution < 1.29 is 13.6 Å². The molecule has 1 saturated carbocycles. The van der Waals surface area contributed by atoms with Gasteiger partial charge in [-0.2, -0.15) is 0 Å². The molecule has 0 spiro atoms. The lowest BCUT2D eigenvalue weighted by Crippen LogP contribution is -2.51. The summed E-state index contributed by atoms with van der Waals surface area (Å²) in [6.07, 6.45) is 1.07. The Morgan fingerprint density at radius 2 is 1.79 bits per heavy atom. The maximum atomic E-state index is 13.8. The minimum absolute atomic E-state index is 0.106. The Bertz CT molecular complexity index is 499. The zero-order chi connectivity index (χ0) is 13.6. The Morgan fingerprint density at radius 1 is 1.21 bits per heavy atom. The summed E-state index contributed by atoms with van der Waals surface area (Å²) in [5, 5.41) is 0. The summed E-state index contributed by atoms with van der Waals surface area (Å²) in [5.74, 6) is -3.99. The van der Waals surface area contributed by atoms with E-state index < -0.39 is 17.8 Å². The van der Waals surface area contributed by atoms with Gasteiger partial charge in [-0.25, -0.2) is 8.78 Å². The largest absolute Gasteiger partial charge is 0.338 e. The van der Waals surface area contributed by atoms with Crippen LogP contribution >= 0.6 is 0 Å². The molecular weight excluding hydrogens is 248 g/mol. The fraction of sp³-hybridized carbons (Fsp3) is 0.533. The normalized spacial score (nSPS) is 28.5. The smallest absolute Gasteiger partial charge is 0.257 e. The Labute approximate surface area is 111 Å². The van der Waals surface area contributed by atoms with Gasteiger partial charge in [0.05, 0.1) is 0 Å². The number of alkyl halides is 2. The lowest BCUT2D eigenvalue weighted by Gasteiger charge is -2.38. The summed E-state index contributed by atoms with van der Waals surface area (Å²) in [4.78, 5) is 14.0. The maximum absolute atomic E-state index is 13.8. The molecule has 2 atom stereocenters. The van der Waals surface area contributed by atoms with E-state index in [0.29, 0.717) is 18.4 Å². The highest BCUT2D eigenvalue weighted by molar-refractivity contribution is 5.95. The molecule has 102 valence electrons. The van der Waals surface area contributed by atoms with Gasteiger partial charge in [0.1, 0.15) is 0 Å². The fourth-order valence-corrected chi connectivity index (χ4v) is 3.30. The van der Waals surface area contributed by atoms with Crippen molar-refractivity contribution in [3.8, 4) is 0 Å². The molecule has 1 aromatic rings. The van der Waals surface area contributed by atoms with Crippen LogP contribution in [0.2, 0.25) is 0 Å². The van der Waals surface area contributed by atoms with Crippen molar-refractivity contribution >= 4 is 5.91 Å². The van der Waals surface area contributed by atoms with Crippen LogP contribution in [0.15, 0.2) is 24.3 Å². The third-order valence-corrected chi connectivity index (χ3v) is 4.50. The number of hydrogen-bond acceptors (Lipinski definition) is 1. The van der Waals surface area contributed by atoms with Crippen molar-refractivity contribution in [2.75, 3.05) is 13.1 Å². The maximum Gasteiger partial charge on any atom is 0.257 e. The molecule has 3 rings (SSSR count). The summed E-state index contributed by atoms with van der Waals surface area (Å²) in [6, 6.07) is 7.33. The van der Waals surface area contributed by atoms with Gasteiger partial charge in [0.2, 0.25) is 0 Å². The van der Waals surface area contributed by atoms with E-state index in [-0.39, 0.29) is 19.0 Å². The van der Waals surface area contributed by atoms with Crippen molar-refractivity contribution in [1.29, 1.82) is 0 Å². The van der Waals surface area contributed by atoms with Gasteiger partial charge in [-0.3, -0.25) is 4.79 Å². The highest BCUT2D eigenvalue weighted by Crippen LogP contribution is 2.48. The third-order valence-electron chi connectivity index (χ3n) is 4.50. The van der Waals surface area contributed by atoms with E-state index in [1.165, 1.54) is 0 Å². The molecule has 0 aromatic heterocycles. The number of amides is 1. The van der Waals surface area contributed by atoms with E-state index in [2.05, 4.69) is 0 Å². The quantitative estimate of drug-likeness (QED) is 0.764. The minimum atomic E-state index is -2.58. The van der Waals surface area contributed by atoms with Gasteiger partial charge in [0, 0.05) is 30.5 Å². The highest BCUT2D eigenvalue weighted by atomic mass is 19.3. The number of nitrogens with zero attached hydrogens (tertiary/aromatic N) is 1. The molecule has 0 radical (unpaired) electrons. The number of halogens is 2. The fourth-order valence-electron chi connectivity index (χ4n) is 3.30. The minimum Gasteiger partial charge on any atom is -0.338 e. The van der Waals surface area contributed by atoms with Crippen LogP contribution in [-0.2, 0) is 0 Å². The SMILES string of the molecule is Cc1ccccc1C(=O)N1CC2CCC(C1)C2(F)F. The number of benzene rings is 1. The van der Waals surface area contributed by atoms with Gasteiger partial charge in [0.15, 0.2) is 0 Å². The molecule has 2 fully saturated rings. The topological polar surface area (TPSA) is 20.3 Å². The standard InChI is InChI=1S/C15H17F2NO/c1-10-4-2-3-5-13(10)14(19)18-8-11-6-7-12(9-18)15(11,16)17/h2-5,11-12H,6-9H2,1H3. The van der Waals surface area contributed by atoms with Gasteiger partial charge >= 0.3 is 0 Å². The van der Waals surface area contributed by atoms with Gasteiger partial charge in [0.25, 0.3) is 11.8 Å². The highest BCUT2D eigenvalue weighted by Gasteiger charge is 2.56. The van der Waals surface area contributed by atoms with Gasteiger partial charge in [-0.05, 0) is 31.4 Å². The molecule has 1 aromatic carbocycles. The van der Waals surface area contributed by atoms with E-state index in [1.54, 1.807) is 11.0 Å². The van der Waals surface area contributed by atoms with Crippen molar-refractivity contribution in [1.82, 2.24) is 4.90 Å². The van der Waals surface area contributed by atoms with Crippen molar-refractivity contribution in [2.45, 2.75) is 25.7 Å². The van der Waals surface area contributed by atoms with Crippen LogP contribution in [0.1, 0.15) is 28.8 Å². The van der Waals surface area contributed by atoms with E-state index in [0.717, 1.165) is 5.56 Å². The van der Waals surface area contributed by atoms with Crippen LogP contribution in [0, 0.1) is 18.8 Å². The summed E-state index contributed by atoms with van der Waals surface area (Å²) in [7, 11) is 0. The number of piperidine rings is 1. The molecule has 1 amide bonds. The lowest BCUT2D eigenvalue weighted by molar-refractivity contribution is -0.110. The molecule has 1 aliphatic heterocycles. The molecule has 2 bridgehead atoms. The molecule has 19 heavy (non-hydrogen) atoms. The zero-order valence-electron chi connectivity index (χ0n) is 10.9. The molecule has 2 unspecified atom stereocenters. The van der Waals surface area contributed by atoms with E-state index in [9.17, 15) is 13.6 Å². The van der Waals surface area contributed by atoms with E-state index in [4.69, 9.17) is 0 Å². The molecule has 2 nitrogen and oxygen atoms in total. The van der Waals surface area contributed by atoms with Gasteiger partial charge < -0.3 is 4.90 Å². The Kier molecular flexibility index (Phi) is 2.84. The second-order valence-electron chi connectivity index (χ2n) is 5.67. The number of fused-ring (bicyclic) bond motifs is 2.